The van der Waals surface area contributed by atoms with Crippen LogP contribution in [0.25, 0.3) is 0 Å². The summed E-state index contributed by atoms with van der Waals surface area (Å²) in [6.07, 6.45) is -2.87. The average Bonchev–Trinajstić information content (AvgIpc) is 3.32. The zero-order valence-corrected chi connectivity index (χ0v) is 18.5. The minimum atomic E-state index is -4.43. The number of nitrogens with zero attached hydrogens (tertiary/aromatic N) is 5. The zero-order chi connectivity index (χ0) is 24.2. The van der Waals surface area contributed by atoms with Crippen LogP contribution in [-0.2, 0) is 17.4 Å². The van der Waals surface area contributed by atoms with Crippen molar-refractivity contribution >= 4 is 23.6 Å². The minimum absolute atomic E-state index is 0.240. The van der Waals surface area contributed by atoms with E-state index in [1.165, 1.54) is 21.9 Å². The minimum Gasteiger partial charge on any atom is -0.302 e. The number of anilines is 1. The molecule has 5 rings (SSSR count). The van der Waals surface area contributed by atoms with Crippen molar-refractivity contribution < 1.29 is 22.8 Å². The lowest BCUT2D eigenvalue weighted by atomic mass is 10.1. The molecule has 10 heteroatoms. The molecule has 3 aliphatic rings. The van der Waals surface area contributed by atoms with E-state index in [4.69, 9.17) is 0 Å². The second-order valence-electron chi connectivity index (χ2n) is 8.46. The fraction of sp³-hybridized carbons (Fsp3) is 0.292. The second-order valence-corrected chi connectivity index (χ2v) is 8.46. The van der Waals surface area contributed by atoms with Gasteiger partial charge in [-0.3, -0.25) is 14.6 Å². The molecule has 3 heterocycles. The fourth-order valence-corrected chi connectivity index (χ4v) is 4.56. The lowest BCUT2D eigenvalue weighted by Crippen LogP contribution is -2.64. The summed E-state index contributed by atoms with van der Waals surface area (Å²) in [4.78, 5) is 37.1. The molecule has 3 aliphatic heterocycles. The molecule has 2 unspecified atom stereocenters. The molecule has 0 saturated carbocycles. The number of fused-ring (bicyclic) bond motifs is 3. The van der Waals surface area contributed by atoms with E-state index in [0.29, 0.717) is 23.8 Å². The molecule has 0 radical (unpaired) electrons. The number of benzene rings is 2. The SMILES string of the molecule is CC1=CN2C(=NC3C2C(=O)N(CCc2ccccc2)C(=O)N3C)N1c1ccc(C(F)(F)F)cc1. The lowest BCUT2D eigenvalue weighted by molar-refractivity contribution is -0.138. The highest BCUT2D eigenvalue weighted by Gasteiger charge is 2.54. The van der Waals surface area contributed by atoms with Crippen molar-refractivity contribution in [3.63, 3.8) is 0 Å². The Morgan fingerprint density at radius 2 is 1.68 bits per heavy atom. The number of hydrogen-bond acceptors (Lipinski definition) is 5. The Kier molecular flexibility index (Phi) is 5.11. The molecular formula is C24H22F3N5O2. The second kappa shape index (κ2) is 7.89. The number of likely N-dealkylation sites (N-methyl/N-ethyl adjacent to an activating group) is 1. The van der Waals surface area contributed by atoms with Gasteiger partial charge < -0.3 is 9.80 Å². The van der Waals surface area contributed by atoms with Gasteiger partial charge in [-0.25, -0.2) is 9.79 Å². The summed E-state index contributed by atoms with van der Waals surface area (Å²) in [7, 11) is 1.60. The van der Waals surface area contributed by atoms with Gasteiger partial charge in [0.1, 0.15) is 0 Å². The Hall–Kier alpha value is -3.82. The first-order valence-corrected chi connectivity index (χ1v) is 10.8. The Labute approximate surface area is 194 Å². The summed E-state index contributed by atoms with van der Waals surface area (Å²) in [5.41, 5.74) is 1.47. The Balaban J connectivity index is 1.40. The molecule has 176 valence electrons. The van der Waals surface area contributed by atoms with Crippen molar-refractivity contribution in [1.29, 1.82) is 0 Å². The van der Waals surface area contributed by atoms with E-state index >= 15 is 0 Å². The van der Waals surface area contributed by atoms with E-state index in [1.54, 1.807) is 30.0 Å². The first-order chi connectivity index (χ1) is 16.2. The Morgan fingerprint density at radius 1 is 1.00 bits per heavy atom. The summed E-state index contributed by atoms with van der Waals surface area (Å²) in [5.74, 6) is 0.0614. The predicted molar refractivity (Wildman–Crippen MR) is 120 cm³/mol. The van der Waals surface area contributed by atoms with E-state index in [0.717, 1.165) is 17.7 Å². The van der Waals surface area contributed by atoms with Crippen LogP contribution in [-0.4, -0.2) is 58.4 Å². The molecule has 34 heavy (non-hydrogen) atoms. The molecule has 0 spiro atoms. The van der Waals surface area contributed by atoms with E-state index in [2.05, 4.69) is 4.99 Å². The third-order valence-electron chi connectivity index (χ3n) is 6.31. The van der Waals surface area contributed by atoms with E-state index in [9.17, 15) is 22.8 Å². The maximum atomic E-state index is 13.4. The topological polar surface area (TPSA) is 59.5 Å². The van der Waals surface area contributed by atoms with Gasteiger partial charge in [-0.2, -0.15) is 13.2 Å². The molecule has 3 amide bonds. The predicted octanol–water partition coefficient (Wildman–Crippen LogP) is 3.89. The maximum absolute atomic E-state index is 13.4. The Morgan fingerprint density at radius 3 is 2.32 bits per heavy atom. The number of rotatable bonds is 4. The first-order valence-electron chi connectivity index (χ1n) is 10.8. The highest BCUT2D eigenvalue weighted by Crippen LogP contribution is 2.37. The van der Waals surface area contributed by atoms with Gasteiger partial charge in [-0.15, -0.1) is 0 Å². The highest BCUT2D eigenvalue weighted by molar-refractivity contribution is 6.09. The molecule has 0 bridgehead atoms. The van der Waals surface area contributed by atoms with Gasteiger partial charge in [0.15, 0.2) is 12.2 Å². The van der Waals surface area contributed by atoms with Crippen LogP contribution in [0, 0.1) is 0 Å². The molecular weight excluding hydrogens is 447 g/mol. The summed E-state index contributed by atoms with van der Waals surface area (Å²) in [6, 6.07) is 13.2. The molecule has 2 aromatic carbocycles. The first kappa shape index (κ1) is 22.0. The van der Waals surface area contributed by atoms with Crippen molar-refractivity contribution in [3.05, 3.63) is 77.6 Å². The number of carbonyl (C=O) groups is 2. The number of aliphatic imine (C=N–C) groups is 1. The zero-order valence-electron chi connectivity index (χ0n) is 18.5. The van der Waals surface area contributed by atoms with Crippen molar-refractivity contribution in [1.82, 2.24) is 14.7 Å². The molecule has 0 N–H and O–H groups in total. The van der Waals surface area contributed by atoms with E-state index in [-0.39, 0.29) is 12.5 Å². The summed E-state index contributed by atoms with van der Waals surface area (Å²) < 4.78 is 39.0. The van der Waals surface area contributed by atoms with Crippen LogP contribution in [0.1, 0.15) is 18.1 Å². The van der Waals surface area contributed by atoms with E-state index < -0.39 is 30.0 Å². The van der Waals surface area contributed by atoms with Gasteiger partial charge in [0.25, 0.3) is 5.91 Å². The monoisotopic (exact) mass is 469 g/mol. The van der Waals surface area contributed by atoms with Crippen LogP contribution in [0.15, 0.2) is 71.5 Å². The van der Waals surface area contributed by atoms with Gasteiger partial charge >= 0.3 is 12.2 Å². The van der Waals surface area contributed by atoms with Crippen molar-refractivity contribution in [2.45, 2.75) is 31.7 Å². The maximum Gasteiger partial charge on any atom is 0.416 e. The van der Waals surface area contributed by atoms with Crippen LogP contribution in [0.4, 0.5) is 23.7 Å². The Bertz CT molecular complexity index is 1190. The molecule has 2 atom stereocenters. The largest absolute Gasteiger partial charge is 0.416 e. The van der Waals surface area contributed by atoms with Gasteiger partial charge in [-0.1, -0.05) is 30.3 Å². The number of amides is 3. The lowest BCUT2D eigenvalue weighted by Gasteiger charge is -2.40. The summed E-state index contributed by atoms with van der Waals surface area (Å²) in [5, 5.41) is 0. The van der Waals surface area contributed by atoms with Crippen LogP contribution >= 0.6 is 0 Å². The highest BCUT2D eigenvalue weighted by atomic mass is 19.4. The molecule has 7 nitrogen and oxygen atoms in total. The number of alkyl halides is 3. The number of guanidine groups is 1. The quantitative estimate of drug-likeness (QED) is 0.682. The third-order valence-corrected chi connectivity index (χ3v) is 6.31. The van der Waals surface area contributed by atoms with Crippen molar-refractivity contribution in [2.75, 3.05) is 18.5 Å². The van der Waals surface area contributed by atoms with Gasteiger partial charge in [0, 0.05) is 31.2 Å². The average molecular weight is 469 g/mol. The summed E-state index contributed by atoms with van der Waals surface area (Å²) in [6.45, 7) is 2.03. The van der Waals surface area contributed by atoms with E-state index in [1.807, 2.05) is 30.3 Å². The van der Waals surface area contributed by atoms with Crippen molar-refractivity contribution in [2.24, 2.45) is 4.99 Å². The molecule has 2 aromatic rings. The van der Waals surface area contributed by atoms with Crippen LogP contribution in [0.5, 0.6) is 0 Å². The smallest absolute Gasteiger partial charge is 0.302 e. The fourth-order valence-electron chi connectivity index (χ4n) is 4.56. The van der Waals surface area contributed by atoms with Gasteiger partial charge in [0.2, 0.25) is 5.96 Å². The number of carbonyl (C=O) groups excluding carboxylic acids is 2. The van der Waals surface area contributed by atoms with Crippen LogP contribution in [0.3, 0.4) is 0 Å². The number of allylic oxidation sites excluding steroid dienone is 1. The van der Waals surface area contributed by atoms with Gasteiger partial charge in [-0.05, 0) is 43.2 Å². The van der Waals surface area contributed by atoms with Crippen LogP contribution in [0.2, 0.25) is 0 Å². The normalized spacial score (nSPS) is 22.1. The van der Waals surface area contributed by atoms with Crippen molar-refractivity contribution in [3.8, 4) is 0 Å². The van der Waals surface area contributed by atoms with Gasteiger partial charge in [0.05, 0.1) is 5.56 Å². The number of halogens is 3. The third kappa shape index (κ3) is 3.49. The molecule has 1 fully saturated rings. The summed E-state index contributed by atoms with van der Waals surface area (Å²) >= 11 is 0. The standard InChI is InChI=1S/C24H22F3N5O2/c1-15-14-31-19-20(28-22(31)32(15)18-10-8-17(9-11-18)24(25,26)27)29(2)23(34)30(21(19)33)13-12-16-6-4-3-5-7-16/h3-11,14,19-20H,12-13H2,1-2H3. The molecule has 1 saturated heterocycles. The molecule has 0 aliphatic carbocycles. The van der Waals surface area contributed by atoms with Crippen LogP contribution < -0.4 is 4.90 Å². The number of urea groups is 1. The molecule has 0 aromatic heterocycles. The number of imide groups is 1. The number of hydrogen-bond donors (Lipinski definition) is 0.